The molecular formula is C16H20N2O. The first-order valence-electron chi connectivity index (χ1n) is 6.47. The first kappa shape index (κ1) is 13.4. The second-order valence-corrected chi connectivity index (χ2v) is 4.47. The molecular weight excluding hydrogens is 236 g/mol. The van der Waals surface area contributed by atoms with Crippen LogP contribution in [0.5, 0.6) is 5.75 Å². The van der Waals surface area contributed by atoms with Crippen LogP contribution in [0, 0.1) is 0 Å². The lowest BCUT2D eigenvalue weighted by molar-refractivity contribution is 0.328. The lowest BCUT2D eigenvalue weighted by atomic mass is 10.2. The number of hydrogen-bond donors (Lipinski definition) is 1. The van der Waals surface area contributed by atoms with Gasteiger partial charge in [-0.05, 0) is 29.8 Å². The second-order valence-electron chi connectivity index (χ2n) is 4.47. The Morgan fingerprint density at radius 3 is 2.32 bits per heavy atom. The summed E-state index contributed by atoms with van der Waals surface area (Å²) in [6.07, 6.45) is 0. The molecule has 2 aromatic carbocycles. The van der Waals surface area contributed by atoms with Gasteiger partial charge < -0.3 is 15.4 Å². The van der Waals surface area contributed by atoms with Crippen LogP contribution in [0.15, 0.2) is 54.6 Å². The normalized spacial score (nSPS) is 10.2. The highest BCUT2D eigenvalue weighted by Crippen LogP contribution is 2.17. The standard InChI is InChI=1S/C16H20N2O/c1-18(15-5-3-2-4-6-15)13-14-7-9-16(10-8-14)19-12-11-17/h2-10H,11-13,17H2,1H3. The Balaban J connectivity index is 1.96. The third-order valence-electron chi connectivity index (χ3n) is 2.93. The molecule has 0 saturated carbocycles. The maximum Gasteiger partial charge on any atom is 0.119 e. The first-order chi connectivity index (χ1) is 9.29. The minimum atomic E-state index is 0.540. The highest BCUT2D eigenvalue weighted by atomic mass is 16.5. The number of anilines is 1. The second kappa shape index (κ2) is 6.81. The van der Waals surface area contributed by atoms with Gasteiger partial charge in [0.25, 0.3) is 0 Å². The number of rotatable bonds is 6. The minimum Gasteiger partial charge on any atom is -0.492 e. The predicted octanol–water partition coefficient (Wildman–Crippen LogP) is 2.66. The van der Waals surface area contributed by atoms with Crippen molar-refractivity contribution in [1.29, 1.82) is 0 Å². The molecule has 19 heavy (non-hydrogen) atoms. The molecule has 0 aromatic heterocycles. The van der Waals surface area contributed by atoms with Gasteiger partial charge in [0.15, 0.2) is 0 Å². The smallest absolute Gasteiger partial charge is 0.119 e. The van der Waals surface area contributed by atoms with Crippen molar-refractivity contribution in [3.63, 3.8) is 0 Å². The average Bonchev–Trinajstić information content (AvgIpc) is 2.47. The maximum atomic E-state index is 5.46. The van der Waals surface area contributed by atoms with Gasteiger partial charge in [-0.3, -0.25) is 0 Å². The van der Waals surface area contributed by atoms with Crippen LogP contribution in [0.25, 0.3) is 0 Å². The van der Waals surface area contributed by atoms with E-state index in [1.165, 1.54) is 11.3 Å². The lowest BCUT2D eigenvalue weighted by Gasteiger charge is -2.19. The van der Waals surface area contributed by atoms with Crippen molar-refractivity contribution in [1.82, 2.24) is 0 Å². The van der Waals surface area contributed by atoms with E-state index in [4.69, 9.17) is 10.5 Å². The van der Waals surface area contributed by atoms with E-state index in [1.54, 1.807) is 0 Å². The van der Waals surface area contributed by atoms with E-state index in [0.717, 1.165) is 12.3 Å². The van der Waals surface area contributed by atoms with E-state index in [1.807, 2.05) is 18.2 Å². The molecule has 3 nitrogen and oxygen atoms in total. The molecule has 0 saturated heterocycles. The summed E-state index contributed by atoms with van der Waals surface area (Å²) < 4.78 is 5.46. The molecule has 0 aliphatic heterocycles. The van der Waals surface area contributed by atoms with Crippen molar-refractivity contribution >= 4 is 5.69 Å². The number of nitrogens with zero attached hydrogens (tertiary/aromatic N) is 1. The Bertz CT molecular complexity index is 482. The maximum absolute atomic E-state index is 5.46. The van der Waals surface area contributed by atoms with Gasteiger partial charge in [-0.2, -0.15) is 0 Å². The van der Waals surface area contributed by atoms with E-state index >= 15 is 0 Å². The van der Waals surface area contributed by atoms with Crippen LogP contribution in [-0.2, 0) is 6.54 Å². The molecule has 0 atom stereocenters. The Morgan fingerprint density at radius 2 is 1.68 bits per heavy atom. The van der Waals surface area contributed by atoms with Gasteiger partial charge in [0.05, 0.1) is 0 Å². The van der Waals surface area contributed by atoms with Crippen LogP contribution >= 0.6 is 0 Å². The molecule has 0 aliphatic rings. The molecule has 0 spiro atoms. The molecule has 3 heteroatoms. The van der Waals surface area contributed by atoms with Gasteiger partial charge in [0, 0.05) is 25.8 Å². The van der Waals surface area contributed by atoms with Crippen LogP contribution in [0.2, 0.25) is 0 Å². The summed E-state index contributed by atoms with van der Waals surface area (Å²) >= 11 is 0. The van der Waals surface area contributed by atoms with Gasteiger partial charge in [0.2, 0.25) is 0 Å². The Labute approximate surface area is 114 Å². The van der Waals surface area contributed by atoms with Crippen LogP contribution < -0.4 is 15.4 Å². The van der Waals surface area contributed by atoms with Gasteiger partial charge >= 0.3 is 0 Å². The molecule has 2 rings (SSSR count). The quantitative estimate of drug-likeness (QED) is 0.863. The topological polar surface area (TPSA) is 38.5 Å². The summed E-state index contributed by atoms with van der Waals surface area (Å²) in [6, 6.07) is 18.5. The van der Waals surface area contributed by atoms with Gasteiger partial charge in [-0.15, -0.1) is 0 Å². The minimum absolute atomic E-state index is 0.540. The number of para-hydroxylation sites is 1. The lowest BCUT2D eigenvalue weighted by Crippen LogP contribution is -2.16. The molecule has 0 amide bonds. The molecule has 100 valence electrons. The zero-order chi connectivity index (χ0) is 13.5. The zero-order valence-electron chi connectivity index (χ0n) is 11.3. The average molecular weight is 256 g/mol. The highest BCUT2D eigenvalue weighted by Gasteiger charge is 2.01. The number of hydrogen-bond acceptors (Lipinski definition) is 3. The fourth-order valence-corrected chi connectivity index (χ4v) is 1.92. The Morgan fingerprint density at radius 1 is 1.00 bits per heavy atom. The molecule has 0 fully saturated rings. The van der Waals surface area contributed by atoms with Crippen LogP contribution in [0.3, 0.4) is 0 Å². The fourth-order valence-electron chi connectivity index (χ4n) is 1.92. The number of benzene rings is 2. The van der Waals surface area contributed by atoms with Crippen molar-refractivity contribution in [3.05, 3.63) is 60.2 Å². The van der Waals surface area contributed by atoms with Crippen LogP contribution in [0.4, 0.5) is 5.69 Å². The van der Waals surface area contributed by atoms with Crippen molar-refractivity contribution in [2.45, 2.75) is 6.54 Å². The fraction of sp³-hybridized carbons (Fsp3) is 0.250. The van der Waals surface area contributed by atoms with Crippen molar-refractivity contribution in [3.8, 4) is 5.75 Å². The molecule has 2 N–H and O–H groups in total. The SMILES string of the molecule is CN(Cc1ccc(OCCN)cc1)c1ccccc1. The van der Waals surface area contributed by atoms with E-state index < -0.39 is 0 Å². The van der Waals surface area contributed by atoms with Gasteiger partial charge in [-0.1, -0.05) is 30.3 Å². The number of ether oxygens (including phenoxy) is 1. The molecule has 0 aliphatic carbocycles. The summed E-state index contributed by atoms with van der Waals surface area (Å²) in [5, 5.41) is 0. The highest BCUT2D eigenvalue weighted by molar-refractivity contribution is 5.45. The summed E-state index contributed by atoms with van der Waals surface area (Å²) in [7, 11) is 2.09. The van der Waals surface area contributed by atoms with Crippen molar-refractivity contribution in [2.24, 2.45) is 5.73 Å². The Kier molecular flexibility index (Phi) is 4.81. The first-order valence-corrected chi connectivity index (χ1v) is 6.47. The summed E-state index contributed by atoms with van der Waals surface area (Å²) in [5.74, 6) is 0.872. The van der Waals surface area contributed by atoms with Crippen LogP contribution in [0.1, 0.15) is 5.56 Å². The molecule has 0 radical (unpaired) electrons. The third-order valence-corrected chi connectivity index (χ3v) is 2.93. The monoisotopic (exact) mass is 256 g/mol. The van der Waals surface area contributed by atoms with E-state index in [2.05, 4.69) is 48.3 Å². The summed E-state index contributed by atoms with van der Waals surface area (Å²) in [4.78, 5) is 2.22. The predicted molar refractivity (Wildman–Crippen MR) is 79.5 cm³/mol. The van der Waals surface area contributed by atoms with Crippen LogP contribution in [-0.4, -0.2) is 20.2 Å². The summed E-state index contributed by atoms with van der Waals surface area (Å²) in [6.45, 7) is 1.98. The van der Waals surface area contributed by atoms with Gasteiger partial charge in [-0.25, -0.2) is 0 Å². The van der Waals surface area contributed by atoms with E-state index in [9.17, 15) is 0 Å². The number of nitrogens with two attached hydrogens (primary N) is 1. The molecule has 0 heterocycles. The van der Waals surface area contributed by atoms with Gasteiger partial charge in [0.1, 0.15) is 12.4 Å². The molecule has 2 aromatic rings. The van der Waals surface area contributed by atoms with Crippen molar-refractivity contribution < 1.29 is 4.74 Å². The molecule has 0 bridgehead atoms. The van der Waals surface area contributed by atoms with E-state index in [-0.39, 0.29) is 0 Å². The van der Waals surface area contributed by atoms with E-state index in [0.29, 0.717) is 13.2 Å². The summed E-state index contributed by atoms with van der Waals surface area (Å²) in [5.41, 5.74) is 7.87. The largest absolute Gasteiger partial charge is 0.492 e. The zero-order valence-corrected chi connectivity index (χ0v) is 11.3. The Hall–Kier alpha value is -2.00. The third kappa shape index (κ3) is 4.00. The molecule has 0 unspecified atom stereocenters. The van der Waals surface area contributed by atoms with Crippen molar-refractivity contribution in [2.75, 3.05) is 25.1 Å².